The monoisotopic (exact) mass is 241 g/mol. The molecule has 3 nitrogen and oxygen atoms in total. The van der Waals surface area contributed by atoms with Gasteiger partial charge >= 0.3 is 0 Å². The van der Waals surface area contributed by atoms with Gasteiger partial charge < -0.3 is 10.3 Å². The second-order valence-corrected chi connectivity index (χ2v) is 4.75. The summed E-state index contributed by atoms with van der Waals surface area (Å²) in [6.45, 7) is 3.25. The minimum atomic E-state index is 0.862. The van der Waals surface area contributed by atoms with E-state index in [-0.39, 0.29) is 0 Å². The first-order valence-electron chi connectivity index (χ1n) is 6.63. The summed E-state index contributed by atoms with van der Waals surface area (Å²) in [6, 6.07) is 12.7. The number of benzene rings is 1. The Kier molecular flexibility index (Phi) is 3.22. The first kappa shape index (κ1) is 11.2. The molecule has 0 saturated carbocycles. The summed E-state index contributed by atoms with van der Waals surface area (Å²) >= 11 is 0. The van der Waals surface area contributed by atoms with Crippen LogP contribution in [0.2, 0.25) is 0 Å². The molecule has 3 heteroatoms. The van der Waals surface area contributed by atoms with Gasteiger partial charge in [0.05, 0.1) is 6.54 Å². The highest BCUT2D eigenvalue weighted by Crippen LogP contribution is 2.24. The van der Waals surface area contributed by atoms with Crippen molar-refractivity contribution < 1.29 is 0 Å². The van der Waals surface area contributed by atoms with Crippen molar-refractivity contribution in [3.05, 3.63) is 54.4 Å². The number of nitrogens with zero attached hydrogens (tertiary/aromatic N) is 2. The maximum Gasteiger partial charge on any atom is 0.0584 e. The highest BCUT2D eigenvalue weighted by atomic mass is 15.4. The lowest BCUT2D eigenvalue weighted by atomic mass is 10.1. The lowest BCUT2D eigenvalue weighted by Crippen LogP contribution is -2.21. The summed E-state index contributed by atoms with van der Waals surface area (Å²) in [5, 5.41) is 0. The first-order valence-corrected chi connectivity index (χ1v) is 6.63. The zero-order valence-electron chi connectivity index (χ0n) is 10.5. The molecule has 1 aliphatic rings. The molecule has 1 aromatic carbocycles. The summed E-state index contributed by atoms with van der Waals surface area (Å²) in [5.41, 5.74) is 6.15. The molecule has 0 radical (unpaired) electrons. The highest BCUT2D eigenvalue weighted by molar-refractivity contribution is 5.54. The molecule has 1 aliphatic heterocycles. The summed E-state index contributed by atoms with van der Waals surface area (Å²) in [4.78, 5) is 2.49. The minimum absolute atomic E-state index is 0.862. The topological polar surface area (TPSA) is 20.2 Å². The third-order valence-electron chi connectivity index (χ3n) is 3.49. The van der Waals surface area contributed by atoms with Crippen LogP contribution in [0, 0.1) is 0 Å². The summed E-state index contributed by atoms with van der Waals surface area (Å²) < 4.78 is 2.00. The van der Waals surface area contributed by atoms with Gasteiger partial charge in [0.15, 0.2) is 0 Å². The van der Waals surface area contributed by atoms with E-state index in [1.165, 1.54) is 37.2 Å². The lowest BCUT2D eigenvalue weighted by Gasteiger charge is -2.21. The lowest BCUT2D eigenvalue weighted by molar-refractivity contribution is 0.839. The van der Waals surface area contributed by atoms with Crippen molar-refractivity contribution in [3.8, 4) is 0 Å². The third-order valence-corrected chi connectivity index (χ3v) is 3.49. The molecule has 0 atom stereocenters. The van der Waals surface area contributed by atoms with Gasteiger partial charge in [-0.3, -0.25) is 4.68 Å². The molecule has 0 amide bonds. The third kappa shape index (κ3) is 2.35. The molecule has 0 bridgehead atoms. The Morgan fingerprint density at radius 1 is 0.944 bits per heavy atom. The maximum atomic E-state index is 3.39. The number of para-hydroxylation sites is 1. The fraction of sp³-hybridized carbons (Fsp3) is 0.333. The number of anilines is 1. The molecule has 0 spiro atoms. The number of rotatable bonds is 4. The maximum absolute atomic E-state index is 3.39. The van der Waals surface area contributed by atoms with E-state index in [0.717, 1.165) is 6.54 Å². The Morgan fingerprint density at radius 3 is 2.44 bits per heavy atom. The van der Waals surface area contributed by atoms with Crippen LogP contribution in [-0.4, -0.2) is 17.8 Å². The van der Waals surface area contributed by atoms with E-state index in [1.807, 2.05) is 29.2 Å². The van der Waals surface area contributed by atoms with Crippen molar-refractivity contribution in [2.24, 2.45) is 0 Å². The van der Waals surface area contributed by atoms with Gasteiger partial charge in [-0.2, -0.15) is 0 Å². The van der Waals surface area contributed by atoms with E-state index in [2.05, 4.69) is 34.6 Å². The van der Waals surface area contributed by atoms with Gasteiger partial charge in [-0.05, 0) is 36.6 Å². The molecular formula is C15H19N3. The average Bonchev–Trinajstić information content (AvgIpc) is 3.10. The van der Waals surface area contributed by atoms with Crippen LogP contribution in [0.3, 0.4) is 0 Å². The highest BCUT2D eigenvalue weighted by Gasteiger charge is 2.14. The smallest absolute Gasteiger partial charge is 0.0584 e. The molecule has 18 heavy (non-hydrogen) atoms. The first-order chi connectivity index (χ1) is 8.93. The van der Waals surface area contributed by atoms with Crippen LogP contribution in [0.15, 0.2) is 48.8 Å². The van der Waals surface area contributed by atoms with E-state index in [1.54, 1.807) is 0 Å². The van der Waals surface area contributed by atoms with Crippen LogP contribution in [0.25, 0.3) is 0 Å². The Bertz CT molecular complexity index is 484. The van der Waals surface area contributed by atoms with Crippen molar-refractivity contribution in [2.45, 2.75) is 19.4 Å². The van der Waals surface area contributed by atoms with Crippen molar-refractivity contribution in [3.63, 3.8) is 0 Å². The van der Waals surface area contributed by atoms with Crippen LogP contribution in [0.1, 0.15) is 18.4 Å². The molecule has 1 aromatic heterocycles. The fourth-order valence-electron chi connectivity index (χ4n) is 2.54. The number of nitrogens with one attached hydrogen (secondary N) is 1. The molecule has 1 N–H and O–H groups in total. The van der Waals surface area contributed by atoms with Crippen molar-refractivity contribution in [2.75, 3.05) is 23.4 Å². The fourth-order valence-corrected chi connectivity index (χ4v) is 2.54. The Balaban J connectivity index is 1.74. The van der Waals surface area contributed by atoms with Gasteiger partial charge in [-0.15, -0.1) is 0 Å². The van der Waals surface area contributed by atoms with Crippen LogP contribution in [-0.2, 0) is 6.54 Å². The van der Waals surface area contributed by atoms with Crippen LogP contribution < -0.4 is 10.3 Å². The van der Waals surface area contributed by atoms with E-state index in [0.29, 0.717) is 0 Å². The molecule has 0 unspecified atom stereocenters. The van der Waals surface area contributed by atoms with Gasteiger partial charge in [0.1, 0.15) is 0 Å². The minimum Gasteiger partial charge on any atom is -0.371 e. The van der Waals surface area contributed by atoms with E-state index in [9.17, 15) is 0 Å². The molecule has 2 heterocycles. The Hall–Kier alpha value is -1.90. The number of hydrogen-bond acceptors (Lipinski definition) is 2. The van der Waals surface area contributed by atoms with Crippen molar-refractivity contribution in [1.29, 1.82) is 0 Å². The second-order valence-electron chi connectivity index (χ2n) is 4.75. The van der Waals surface area contributed by atoms with E-state index >= 15 is 0 Å². The SMILES string of the molecule is c1ccc(N2CCCC2)c(CNn2cccc2)c1. The molecule has 2 aromatic rings. The van der Waals surface area contributed by atoms with Gasteiger partial charge in [-0.25, -0.2) is 0 Å². The predicted octanol–water partition coefficient (Wildman–Crippen LogP) is 2.83. The zero-order chi connectivity index (χ0) is 12.2. The van der Waals surface area contributed by atoms with Gasteiger partial charge in [-0.1, -0.05) is 18.2 Å². The van der Waals surface area contributed by atoms with E-state index < -0.39 is 0 Å². The molecular weight excluding hydrogens is 222 g/mol. The molecule has 1 fully saturated rings. The summed E-state index contributed by atoms with van der Waals surface area (Å²) in [7, 11) is 0. The van der Waals surface area contributed by atoms with Crippen LogP contribution in [0.4, 0.5) is 5.69 Å². The molecule has 3 rings (SSSR count). The van der Waals surface area contributed by atoms with Gasteiger partial charge in [0.2, 0.25) is 0 Å². The quantitative estimate of drug-likeness (QED) is 0.888. The average molecular weight is 241 g/mol. The van der Waals surface area contributed by atoms with Gasteiger partial charge in [0, 0.05) is 31.2 Å². The normalized spacial score (nSPS) is 15.0. The summed E-state index contributed by atoms with van der Waals surface area (Å²) in [6.07, 6.45) is 6.69. The van der Waals surface area contributed by atoms with Crippen LogP contribution >= 0.6 is 0 Å². The Labute approximate surface area is 108 Å². The largest absolute Gasteiger partial charge is 0.371 e. The van der Waals surface area contributed by atoms with E-state index in [4.69, 9.17) is 0 Å². The van der Waals surface area contributed by atoms with Crippen molar-refractivity contribution >= 4 is 5.69 Å². The van der Waals surface area contributed by atoms with Crippen LogP contribution in [0.5, 0.6) is 0 Å². The number of hydrogen-bond donors (Lipinski definition) is 1. The number of aromatic nitrogens is 1. The molecule has 1 saturated heterocycles. The Morgan fingerprint density at radius 2 is 1.67 bits per heavy atom. The molecule has 0 aliphatic carbocycles. The predicted molar refractivity (Wildman–Crippen MR) is 75.4 cm³/mol. The molecule has 94 valence electrons. The van der Waals surface area contributed by atoms with Crippen molar-refractivity contribution in [1.82, 2.24) is 4.68 Å². The standard InChI is InChI=1S/C15H19N3/c1-2-8-15(17-9-3-4-10-17)14(7-1)13-16-18-11-5-6-12-18/h1-2,5-8,11-12,16H,3-4,9-10,13H2. The zero-order valence-corrected chi connectivity index (χ0v) is 10.5. The summed E-state index contributed by atoms with van der Waals surface area (Å²) in [5.74, 6) is 0. The second kappa shape index (κ2) is 5.17. The van der Waals surface area contributed by atoms with Gasteiger partial charge in [0.25, 0.3) is 0 Å².